The number of fused-ring (bicyclic) bond motifs is 4. The standard InChI is InChI=1S/C47H56N2O4/c1-7-51-41-29-35(53-27-12-16-43(50)52-8-2)19-20-37(41)45-48-40-23-21-36(32-14-10-9-11-15-32)38(44(40)49-45)30-46(5)25-13-26-47(6)39-22-17-33(31(3)4)28-34(39)18-24-42(46)47/h9-11,14-15,17,19-23,28-29,31,42H,7-8,12-13,16,18,24-27,30H2,1-6H3,(H,48,49)/t42-,46+,47+/m0/s1. The second-order valence-corrected chi connectivity index (χ2v) is 16.1. The van der Waals surface area contributed by atoms with Gasteiger partial charge in [-0.1, -0.05) is 88.7 Å². The van der Waals surface area contributed by atoms with E-state index >= 15 is 0 Å². The van der Waals surface area contributed by atoms with Crippen LogP contribution in [0.3, 0.4) is 0 Å². The fourth-order valence-electron chi connectivity index (χ4n) is 9.65. The summed E-state index contributed by atoms with van der Waals surface area (Å²) in [6.07, 6.45) is 7.95. The normalized spacial score (nSPS) is 20.9. The highest BCUT2D eigenvalue weighted by molar-refractivity contribution is 5.90. The van der Waals surface area contributed by atoms with Crippen LogP contribution in [0.25, 0.3) is 33.5 Å². The van der Waals surface area contributed by atoms with Gasteiger partial charge in [0.2, 0.25) is 0 Å². The average molecular weight is 713 g/mol. The number of benzene rings is 4. The summed E-state index contributed by atoms with van der Waals surface area (Å²) in [5.74, 6) is 3.13. The number of rotatable bonds is 13. The third-order valence-corrected chi connectivity index (χ3v) is 12.2. The van der Waals surface area contributed by atoms with Crippen LogP contribution in [0.1, 0.15) is 108 Å². The number of H-pyrrole nitrogens is 1. The van der Waals surface area contributed by atoms with Gasteiger partial charge in [0.1, 0.15) is 17.3 Å². The Morgan fingerprint density at radius 2 is 1.74 bits per heavy atom. The van der Waals surface area contributed by atoms with Crippen LogP contribution in [0.4, 0.5) is 0 Å². The van der Waals surface area contributed by atoms with Crippen LogP contribution in [-0.4, -0.2) is 35.8 Å². The Morgan fingerprint density at radius 3 is 2.51 bits per heavy atom. The molecule has 1 saturated carbocycles. The average Bonchev–Trinajstić information content (AvgIpc) is 3.59. The van der Waals surface area contributed by atoms with Crippen molar-refractivity contribution in [2.24, 2.45) is 11.3 Å². The Balaban J connectivity index is 1.24. The molecule has 0 spiro atoms. The number of carbonyl (C=O) groups is 1. The van der Waals surface area contributed by atoms with Crippen molar-refractivity contribution in [2.75, 3.05) is 19.8 Å². The first-order chi connectivity index (χ1) is 25.6. The van der Waals surface area contributed by atoms with Gasteiger partial charge in [0.05, 0.1) is 36.4 Å². The molecule has 1 N–H and O–H groups in total. The predicted molar refractivity (Wildman–Crippen MR) is 215 cm³/mol. The van der Waals surface area contributed by atoms with E-state index in [4.69, 9.17) is 19.2 Å². The van der Waals surface area contributed by atoms with E-state index in [-0.39, 0.29) is 16.8 Å². The highest BCUT2D eigenvalue weighted by Gasteiger charge is 2.52. The maximum atomic E-state index is 11.8. The minimum absolute atomic E-state index is 0.112. The first-order valence-electron chi connectivity index (χ1n) is 19.9. The number of hydrogen-bond donors (Lipinski definition) is 1. The molecule has 0 radical (unpaired) electrons. The predicted octanol–water partition coefficient (Wildman–Crippen LogP) is 11.4. The molecule has 5 aromatic rings. The number of aromatic nitrogens is 2. The van der Waals surface area contributed by atoms with Crippen LogP contribution in [-0.2, 0) is 27.8 Å². The molecule has 4 aromatic carbocycles. The Labute approximate surface area is 315 Å². The molecule has 1 aromatic heterocycles. The van der Waals surface area contributed by atoms with Crippen LogP contribution in [0.5, 0.6) is 11.5 Å². The van der Waals surface area contributed by atoms with Crippen LogP contribution >= 0.6 is 0 Å². The van der Waals surface area contributed by atoms with Crippen molar-refractivity contribution in [1.29, 1.82) is 0 Å². The minimum Gasteiger partial charge on any atom is -0.493 e. The van der Waals surface area contributed by atoms with Gasteiger partial charge in [-0.25, -0.2) is 4.98 Å². The zero-order chi connectivity index (χ0) is 37.2. The quantitative estimate of drug-likeness (QED) is 0.0972. The van der Waals surface area contributed by atoms with Gasteiger partial charge in [0.15, 0.2) is 0 Å². The molecule has 2 aliphatic rings. The number of hydrogen-bond acceptors (Lipinski definition) is 5. The molecule has 0 amide bonds. The number of imidazole rings is 1. The van der Waals surface area contributed by atoms with Gasteiger partial charge in [-0.05, 0) is 127 Å². The van der Waals surface area contributed by atoms with Gasteiger partial charge in [0, 0.05) is 12.5 Å². The van der Waals surface area contributed by atoms with E-state index < -0.39 is 0 Å². The van der Waals surface area contributed by atoms with Crippen molar-refractivity contribution in [1.82, 2.24) is 9.97 Å². The van der Waals surface area contributed by atoms with E-state index in [9.17, 15) is 4.79 Å². The molecule has 1 fully saturated rings. The second-order valence-electron chi connectivity index (χ2n) is 16.1. The van der Waals surface area contributed by atoms with Crippen LogP contribution in [0.15, 0.2) is 78.9 Å². The molecule has 0 unspecified atom stereocenters. The monoisotopic (exact) mass is 712 g/mol. The highest BCUT2D eigenvalue weighted by Crippen LogP contribution is 2.59. The summed E-state index contributed by atoms with van der Waals surface area (Å²) >= 11 is 0. The molecule has 6 nitrogen and oxygen atoms in total. The van der Waals surface area contributed by atoms with Crippen molar-refractivity contribution in [3.63, 3.8) is 0 Å². The fraction of sp³-hybridized carbons (Fsp3) is 0.447. The summed E-state index contributed by atoms with van der Waals surface area (Å²) in [6, 6.07) is 28.6. The molecule has 53 heavy (non-hydrogen) atoms. The van der Waals surface area contributed by atoms with Gasteiger partial charge >= 0.3 is 5.97 Å². The van der Waals surface area contributed by atoms with Crippen LogP contribution < -0.4 is 9.47 Å². The maximum Gasteiger partial charge on any atom is 0.305 e. The first kappa shape index (κ1) is 36.8. The SMILES string of the molecule is CCOC(=O)CCCOc1ccc(-c2nc3c(C[C@@]4(C)CCC[C@]5(C)c6ccc(C(C)C)cc6CC[C@@H]45)c(-c4ccccc4)ccc3[nH]2)c(OCC)c1. The lowest BCUT2D eigenvalue weighted by Gasteiger charge is -2.56. The molecule has 1 heterocycles. The largest absolute Gasteiger partial charge is 0.493 e. The van der Waals surface area contributed by atoms with E-state index in [1.165, 1.54) is 47.9 Å². The number of aryl methyl sites for hydroxylation is 1. The molecular weight excluding hydrogens is 657 g/mol. The smallest absolute Gasteiger partial charge is 0.305 e. The molecule has 278 valence electrons. The van der Waals surface area contributed by atoms with E-state index in [0.29, 0.717) is 50.2 Å². The lowest BCUT2D eigenvalue weighted by Crippen LogP contribution is -2.50. The topological polar surface area (TPSA) is 73.4 Å². The maximum absolute atomic E-state index is 11.8. The fourth-order valence-corrected chi connectivity index (χ4v) is 9.65. The van der Waals surface area contributed by atoms with E-state index in [0.717, 1.165) is 41.0 Å². The minimum atomic E-state index is -0.197. The van der Waals surface area contributed by atoms with E-state index in [1.807, 2.05) is 32.0 Å². The molecule has 0 aliphatic heterocycles. The Hall–Kier alpha value is -4.58. The number of aromatic amines is 1. The van der Waals surface area contributed by atoms with Gasteiger partial charge in [-0.3, -0.25) is 4.79 Å². The van der Waals surface area contributed by atoms with Crippen molar-refractivity contribution in [3.05, 3.63) is 101 Å². The van der Waals surface area contributed by atoms with Gasteiger partial charge in [-0.15, -0.1) is 0 Å². The molecule has 0 bridgehead atoms. The number of esters is 1. The van der Waals surface area contributed by atoms with E-state index in [1.54, 1.807) is 11.1 Å². The van der Waals surface area contributed by atoms with Gasteiger partial charge in [0.25, 0.3) is 0 Å². The third kappa shape index (κ3) is 7.34. The third-order valence-electron chi connectivity index (χ3n) is 12.2. The highest BCUT2D eigenvalue weighted by atomic mass is 16.5. The van der Waals surface area contributed by atoms with Crippen LogP contribution in [0.2, 0.25) is 0 Å². The summed E-state index contributed by atoms with van der Waals surface area (Å²) in [4.78, 5) is 20.9. The lowest BCUT2D eigenvalue weighted by atomic mass is 9.48. The molecule has 7 rings (SSSR count). The summed E-state index contributed by atoms with van der Waals surface area (Å²) in [7, 11) is 0. The van der Waals surface area contributed by atoms with Crippen molar-refractivity contribution < 1.29 is 19.0 Å². The van der Waals surface area contributed by atoms with Crippen LogP contribution in [0, 0.1) is 11.3 Å². The summed E-state index contributed by atoms with van der Waals surface area (Å²) < 4.78 is 17.2. The number of nitrogens with zero attached hydrogens (tertiary/aromatic N) is 1. The van der Waals surface area contributed by atoms with Gasteiger partial charge in [-0.2, -0.15) is 0 Å². The Morgan fingerprint density at radius 1 is 0.925 bits per heavy atom. The summed E-state index contributed by atoms with van der Waals surface area (Å²) in [6.45, 7) is 14.9. The second kappa shape index (κ2) is 15.4. The molecule has 6 heteroatoms. The van der Waals surface area contributed by atoms with Gasteiger partial charge < -0.3 is 19.2 Å². The summed E-state index contributed by atoms with van der Waals surface area (Å²) in [5, 5.41) is 0. The molecule has 2 aliphatic carbocycles. The number of ether oxygens (including phenoxy) is 3. The molecule has 3 atom stereocenters. The van der Waals surface area contributed by atoms with Crippen molar-refractivity contribution in [3.8, 4) is 34.0 Å². The van der Waals surface area contributed by atoms with E-state index in [2.05, 4.69) is 93.3 Å². The zero-order valence-corrected chi connectivity index (χ0v) is 32.5. The lowest BCUT2D eigenvalue weighted by molar-refractivity contribution is -0.143. The molecule has 0 saturated heterocycles. The Bertz CT molecular complexity index is 2070. The van der Waals surface area contributed by atoms with Crippen molar-refractivity contribution >= 4 is 17.0 Å². The first-order valence-corrected chi connectivity index (χ1v) is 19.9. The zero-order valence-electron chi connectivity index (χ0n) is 32.5. The number of nitrogens with one attached hydrogen (secondary N) is 1. The summed E-state index contributed by atoms with van der Waals surface area (Å²) in [5.41, 5.74) is 11.7. The molecular formula is C47H56N2O4. The number of carbonyl (C=O) groups excluding carboxylic acids is 1. The Kier molecular flexibility index (Phi) is 10.7. The van der Waals surface area contributed by atoms with Crippen molar-refractivity contribution in [2.45, 2.75) is 104 Å².